The molecule has 0 amide bonds. The normalized spacial score (nSPS) is 25.2. The molecule has 1 fully saturated rings. The number of esters is 1. The highest BCUT2D eigenvalue weighted by molar-refractivity contribution is 5.78. The molecule has 118 valence electrons. The number of carbonyl (C=O) groups is 1. The van der Waals surface area contributed by atoms with E-state index >= 15 is 0 Å². The van der Waals surface area contributed by atoms with Crippen LogP contribution in [0.5, 0.6) is 0 Å². The molecule has 1 atom stereocenters. The minimum atomic E-state index is -0.983. The smallest absolute Gasteiger partial charge is 0.337 e. The third-order valence-electron chi connectivity index (χ3n) is 3.85. The molecule has 0 saturated heterocycles. The molecule has 0 aromatic carbocycles. The number of hydrogen-bond acceptors (Lipinski definition) is 5. The largest absolute Gasteiger partial charge is 0.461 e. The first kappa shape index (κ1) is 17.4. The van der Waals surface area contributed by atoms with Gasteiger partial charge in [-0.1, -0.05) is 0 Å². The van der Waals surface area contributed by atoms with Crippen molar-refractivity contribution in [2.75, 3.05) is 19.8 Å². The molecule has 0 aromatic rings. The van der Waals surface area contributed by atoms with Crippen molar-refractivity contribution in [2.45, 2.75) is 58.2 Å². The van der Waals surface area contributed by atoms with Gasteiger partial charge in [-0.05, 0) is 58.3 Å². The van der Waals surface area contributed by atoms with Gasteiger partial charge in [0.2, 0.25) is 0 Å². The summed E-state index contributed by atoms with van der Waals surface area (Å²) >= 11 is 0. The van der Waals surface area contributed by atoms with Crippen LogP contribution in [0.3, 0.4) is 0 Å². The van der Waals surface area contributed by atoms with Gasteiger partial charge in [0.05, 0.1) is 12.7 Å². The summed E-state index contributed by atoms with van der Waals surface area (Å²) in [6, 6.07) is 0. The summed E-state index contributed by atoms with van der Waals surface area (Å²) in [6.45, 7) is 5.75. The fourth-order valence-electron chi connectivity index (χ4n) is 2.34. The predicted molar refractivity (Wildman–Crippen MR) is 75.2 cm³/mol. The minimum absolute atomic E-state index is 0.00671. The van der Waals surface area contributed by atoms with E-state index in [2.05, 4.69) is 0 Å². The molecule has 0 spiro atoms. The molecular formula is C15H28O5. The van der Waals surface area contributed by atoms with E-state index in [0.29, 0.717) is 18.4 Å². The molecule has 5 heteroatoms. The number of hydrogen-bond donors (Lipinski definition) is 2. The molecule has 1 unspecified atom stereocenters. The van der Waals surface area contributed by atoms with E-state index in [1.54, 1.807) is 20.8 Å². The van der Waals surface area contributed by atoms with Crippen LogP contribution in [0.25, 0.3) is 0 Å². The van der Waals surface area contributed by atoms with Crippen molar-refractivity contribution in [1.82, 2.24) is 0 Å². The summed E-state index contributed by atoms with van der Waals surface area (Å²) in [7, 11) is 0. The summed E-state index contributed by atoms with van der Waals surface area (Å²) < 4.78 is 10.7. The van der Waals surface area contributed by atoms with Gasteiger partial charge in [0.25, 0.3) is 0 Å². The van der Waals surface area contributed by atoms with Crippen LogP contribution >= 0.6 is 0 Å². The number of aliphatic hydroxyl groups excluding tert-OH is 2. The molecular weight excluding hydrogens is 260 g/mol. The lowest BCUT2D eigenvalue weighted by atomic mass is 9.83. The summed E-state index contributed by atoms with van der Waals surface area (Å²) in [5.41, 5.74) is -0.983. The molecule has 0 aliphatic heterocycles. The molecule has 0 radical (unpaired) electrons. The third kappa shape index (κ3) is 5.77. The minimum Gasteiger partial charge on any atom is -0.461 e. The maximum Gasteiger partial charge on any atom is 0.337 e. The second-order valence-electron chi connectivity index (χ2n) is 6.34. The Balaban J connectivity index is 2.30. The Bertz CT molecular complexity index is 293. The van der Waals surface area contributed by atoms with E-state index < -0.39 is 17.7 Å². The van der Waals surface area contributed by atoms with Gasteiger partial charge in [0, 0.05) is 6.61 Å². The second-order valence-corrected chi connectivity index (χ2v) is 6.34. The van der Waals surface area contributed by atoms with Gasteiger partial charge < -0.3 is 19.7 Å². The summed E-state index contributed by atoms with van der Waals surface area (Å²) in [5.74, 6) is 0.430. The van der Waals surface area contributed by atoms with E-state index in [4.69, 9.17) is 19.7 Å². The van der Waals surface area contributed by atoms with Crippen LogP contribution in [0.1, 0.15) is 46.5 Å². The van der Waals surface area contributed by atoms with Crippen molar-refractivity contribution in [3.63, 3.8) is 0 Å². The van der Waals surface area contributed by atoms with Gasteiger partial charge in [-0.15, -0.1) is 0 Å². The van der Waals surface area contributed by atoms with Crippen LogP contribution in [-0.4, -0.2) is 47.7 Å². The van der Waals surface area contributed by atoms with Crippen LogP contribution in [0.4, 0.5) is 0 Å². The fourth-order valence-corrected chi connectivity index (χ4v) is 2.34. The van der Waals surface area contributed by atoms with Crippen molar-refractivity contribution < 1.29 is 24.5 Å². The fraction of sp³-hybridized carbons (Fsp3) is 0.933. The zero-order valence-electron chi connectivity index (χ0n) is 12.8. The molecule has 1 aliphatic carbocycles. The van der Waals surface area contributed by atoms with Gasteiger partial charge >= 0.3 is 5.97 Å². The lowest BCUT2D eigenvalue weighted by Crippen LogP contribution is -2.39. The maximum atomic E-state index is 11.8. The molecule has 20 heavy (non-hydrogen) atoms. The van der Waals surface area contributed by atoms with Crippen molar-refractivity contribution in [1.29, 1.82) is 0 Å². The highest BCUT2D eigenvalue weighted by Crippen LogP contribution is 2.29. The average Bonchev–Trinajstić information content (AvgIpc) is 2.43. The van der Waals surface area contributed by atoms with Gasteiger partial charge in [-0.3, -0.25) is 0 Å². The second kappa shape index (κ2) is 7.96. The Hall–Kier alpha value is -0.650. The Kier molecular flexibility index (Phi) is 6.92. The molecule has 5 nitrogen and oxygen atoms in total. The van der Waals surface area contributed by atoms with E-state index in [1.807, 2.05) is 0 Å². The van der Waals surface area contributed by atoms with E-state index in [-0.39, 0.29) is 13.2 Å². The Morgan fingerprint density at radius 3 is 2.30 bits per heavy atom. The lowest BCUT2D eigenvalue weighted by molar-refractivity contribution is -0.172. The Morgan fingerprint density at radius 2 is 1.80 bits per heavy atom. The van der Waals surface area contributed by atoms with Gasteiger partial charge in [-0.2, -0.15) is 0 Å². The first-order chi connectivity index (χ1) is 9.35. The number of ether oxygens (including phenoxy) is 2. The highest BCUT2D eigenvalue weighted by atomic mass is 16.6. The molecule has 1 aliphatic rings. The van der Waals surface area contributed by atoms with Crippen LogP contribution in [-0.2, 0) is 14.3 Å². The summed E-state index contributed by atoms with van der Waals surface area (Å²) in [5, 5.41) is 18.2. The Morgan fingerprint density at radius 1 is 1.25 bits per heavy atom. The monoisotopic (exact) mass is 288 g/mol. The molecule has 1 saturated carbocycles. The zero-order chi connectivity index (χ0) is 15.2. The molecule has 0 aromatic heterocycles. The quantitative estimate of drug-likeness (QED) is 0.694. The number of aliphatic hydroxyl groups is 2. The zero-order valence-corrected chi connectivity index (χ0v) is 12.8. The van der Waals surface area contributed by atoms with Crippen molar-refractivity contribution in [3.8, 4) is 0 Å². The van der Waals surface area contributed by atoms with Crippen LogP contribution in [0, 0.1) is 11.8 Å². The highest BCUT2D eigenvalue weighted by Gasteiger charge is 2.32. The lowest BCUT2D eigenvalue weighted by Gasteiger charge is -2.30. The molecule has 1 rings (SSSR count). The number of carbonyl (C=O) groups excluding carboxylic acids is 1. The van der Waals surface area contributed by atoms with Crippen molar-refractivity contribution in [3.05, 3.63) is 0 Å². The third-order valence-corrected chi connectivity index (χ3v) is 3.85. The predicted octanol–water partition coefficient (Wildman–Crippen LogP) is 1.50. The van der Waals surface area contributed by atoms with E-state index in [9.17, 15) is 4.79 Å². The molecule has 2 N–H and O–H groups in total. The molecule has 0 bridgehead atoms. The summed E-state index contributed by atoms with van der Waals surface area (Å²) in [6.07, 6.45) is 3.45. The van der Waals surface area contributed by atoms with Crippen molar-refractivity contribution >= 4 is 5.97 Å². The van der Waals surface area contributed by atoms with E-state index in [0.717, 1.165) is 25.7 Å². The first-order valence-corrected chi connectivity index (χ1v) is 7.45. The average molecular weight is 288 g/mol. The van der Waals surface area contributed by atoms with Gasteiger partial charge in [0.1, 0.15) is 6.61 Å². The topological polar surface area (TPSA) is 76.0 Å². The molecule has 0 heterocycles. The van der Waals surface area contributed by atoms with Crippen LogP contribution < -0.4 is 0 Å². The number of rotatable bonds is 7. The van der Waals surface area contributed by atoms with Crippen LogP contribution in [0.2, 0.25) is 0 Å². The first-order valence-electron chi connectivity index (χ1n) is 7.45. The van der Waals surface area contributed by atoms with Gasteiger partial charge in [0.15, 0.2) is 5.60 Å². The standard InChI is InChI=1S/C15H28O5/c1-11(17)9-19-14(18)15(2,3)20-10-13-6-4-12(8-16)5-7-13/h11-13,16-17H,4-10H2,1-3H3. The Labute approximate surface area is 121 Å². The van der Waals surface area contributed by atoms with Crippen LogP contribution in [0.15, 0.2) is 0 Å². The van der Waals surface area contributed by atoms with Gasteiger partial charge in [-0.25, -0.2) is 4.79 Å². The summed E-state index contributed by atoms with van der Waals surface area (Å²) in [4.78, 5) is 11.8. The van der Waals surface area contributed by atoms with E-state index in [1.165, 1.54) is 0 Å². The maximum absolute atomic E-state index is 11.8. The SMILES string of the molecule is CC(O)COC(=O)C(C)(C)OCC1CCC(CO)CC1. The van der Waals surface area contributed by atoms with Crippen molar-refractivity contribution in [2.24, 2.45) is 11.8 Å².